The summed E-state index contributed by atoms with van der Waals surface area (Å²) in [6, 6.07) is 0.672. The minimum atomic E-state index is 0.672. The second-order valence-electron chi connectivity index (χ2n) is 4.83. The first kappa shape index (κ1) is 12.0. The summed E-state index contributed by atoms with van der Waals surface area (Å²) in [4.78, 5) is 5.07. The van der Waals surface area contributed by atoms with Crippen LogP contribution in [0.15, 0.2) is 0 Å². The Kier molecular flexibility index (Phi) is 4.85. The van der Waals surface area contributed by atoms with Crippen molar-refractivity contribution in [2.24, 2.45) is 11.7 Å². The molecule has 0 bridgehead atoms. The lowest BCUT2D eigenvalue weighted by molar-refractivity contribution is 0.0787. The van der Waals surface area contributed by atoms with E-state index in [1.54, 1.807) is 0 Å². The van der Waals surface area contributed by atoms with E-state index < -0.39 is 0 Å². The number of rotatable bonds is 4. The Balaban J connectivity index is 2.31. The fraction of sp³-hybridized carbons (Fsp3) is 1.00. The van der Waals surface area contributed by atoms with Crippen molar-refractivity contribution in [3.05, 3.63) is 0 Å². The average molecular weight is 199 g/mol. The largest absolute Gasteiger partial charge is 0.329 e. The molecule has 0 unspecified atom stereocenters. The van der Waals surface area contributed by atoms with E-state index in [1.807, 2.05) is 0 Å². The molecule has 0 aromatic rings. The summed E-state index contributed by atoms with van der Waals surface area (Å²) in [5.41, 5.74) is 5.58. The van der Waals surface area contributed by atoms with Gasteiger partial charge in [0.1, 0.15) is 0 Å². The molecule has 84 valence electrons. The smallest absolute Gasteiger partial charge is 0.0195 e. The van der Waals surface area contributed by atoms with Crippen molar-refractivity contribution < 1.29 is 0 Å². The van der Waals surface area contributed by atoms with Crippen LogP contribution in [0.1, 0.15) is 20.8 Å². The molecule has 0 aromatic carbocycles. The molecule has 0 saturated carbocycles. The minimum Gasteiger partial charge on any atom is -0.329 e. The van der Waals surface area contributed by atoms with Gasteiger partial charge >= 0.3 is 0 Å². The maximum Gasteiger partial charge on any atom is 0.0195 e. The van der Waals surface area contributed by atoms with Crippen LogP contribution in [0.5, 0.6) is 0 Å². The van der Waals surface area contributed by atoms with Gasteiger partial charge in [0.15, 0.2) is 0 Å². The van der Waals surface area contributed by atoms with Crippen molar-refractivity contribution in [1.29, 1.82) is 0 Å². The molecule has 0 aliphatic carbocycles. The summed E-state index contributed by atoms with van der Waals surface area (Å²) in [6.07, 6.45) is 0. The molecule has 0 aromatic heterocycles. The van der Waals surface area contributed by atoms with Gasteiger partial charge in [0.25, 0.3) is 0 Å². The summed E-state index contributed by atoms with van der Waals surface area (Å²) in [6.45, 7) is 13.6. The van der Waals surface area contributed by atoms with Crippen molar-refractivity contribution in [3.63, 3.8) is 0 Å². The van der Waals surface area contributed by atoms with Crippen LogP contribution in [0.2, 0.25) is 0 Å². The van der Waals surface area contributed by atoms with E-state index in [2.05, 4.69) is 30.6 Å². The van der Waals surface area contributed by atoms with Crippen LogP contribution in [0, 0.1) is 5.92 Å². The zero-order valence-electron chi connectivity index (χ0n) is 9.87. The van der Waals surface area contributed by atoms with Crippen LogP contribution in [-0.4, -0.2) is 55.1 Å². The van der Waals surface area contributed by atoms with E-state index >= 15 is 0 Å². The SMILES string of the molecule is CC(C)CN1CCN(CCN)[C@@H](C)C1. The van der Waals surface area contributed by atoms with Gasteiger partial charge in [-0.1, -0.05) is 13.8 Å². The molecule has 0 amide bonds. The van der Waals surface area contributed by atoms with Gasteiger partial charge in [0, 0.05) is 45.3 Å². The van der Waals surface area contributed by atoms with Crippen LogP contribution in [0.4, 0.5) is 0 Å². The number of nitrogens with two attached hydrogens (primary N) is 1. The van der Waals surface area contributed by atoms with Crippen molar-refractivity contribution in [1.82, 2.24) is 9.80 Å². The highest BCUT2D eigenvalue weighted by Gasteiger charge is 2.22. The third-order valence-electron chi connectivity index (χ3n) is 2.89. The Morgan fingerprint density at radius 1 is 1.36 bits per heavy atom. The molecule has 1 rings (SSSR count). The molecule has 1 fully saturated rings. The summed E-state index contributed by atoms with van der Waals surface area (Å²) in [5.74, 6) is 0.781. The molecule has 1 atom stereocenters. The van der Waals surface area contributed by atoms with Crippen molar-refractivity contribution >= 4 is 0 Å². The summed E-state index contributed by atoms with van der Waals surface area (Å²) in [5, 5.41) is 0. The van der Waals surface area contributed by atoms with Gasteiger partial charge in [-0.3, -0.25) is 4.90 Å². The maximum absolute atomic E-state index is 5.58. The predicted molar refractivity (Wildman–Crippen MR) is 61.4 cm³/mol. The topological polar surface area (TPSA) is 32.5 Å². The molecular formula is C11H25N3. The van der Waals surface area contributed by atoms with Crippen molar-refractivity contribution in [3.8, 4) is 0 Å². The first-order valence-electron chi connectivity index (χ1n) is 5.80. The fourth-order valence-electron chi connectivity index (χ4n) is 2.25. The van der Waals surface area contributed by atoms with Gasteiger partial charge in [-0.2, -0.15) is 0 Å². The van der Waals surface area contributed by atoms with Gasteiger partial charge in [-0.15, -0.1) is 0 Å². The number of hydrogen-bond donors (Lipinski definition) is 1. The maximum atomic E-state index is 5.58. The molecule has 1 saturated heterocycles. The van der Waals surface area contributed by atoms with Gasteiger partial charge < -0.3 is 10.6 Å². The fourth-order valence-corrected chi connectivity index (χ4v) is 2.25. The molecule has 1 aliphatic heterocycles. The molecule has 3 nitrogen and oxygen atoms in total. The van der Waals surface area contributed by atoms with Gasteiger partial charge in [-0.25, -0.2) is 0 Å². The third kappa shape index (κ3) is 3.56. The van der Waals surface area contributed by atoms with Crippen LogP contribution in [0.25, 0.3) is 0 Å². The Bertz CT molecular complexity index is 159. The lowest BCUT2D eigenvalue weighted by Crippen LogP contribution is -2.53. The first-order valence-corrected chi connectivity index (χ1v) is 5.80. The van der Waals surface area contributed by atoms with Crippen LogP contribution < -0.4 is 5.73 Å². The van der Waals surface area contributed by atoms with Gasteiger partial charge in [0.05, 0.1) is 0 Å². The lowest BCUT2D eigenvalue weighted by Gasteiger charge is -2.40. The molecule has 1 heterocycles. The highest BCUT2D eigenvalue weighted by Crippen LogP contribution is 2.10. The highest BCUT2D eigenvalue weighted by molar-refractivity contribution is 4.79. The standard InChI is InChI=1S/C11H25N3/c1-10(2)8-13-6-7-14(5-4-12)11(3)9-13/h10-11H,4-9,12H2,1-3H3/t11-/m0/s1. The molecular weight excluding hydrogens is 174 g/mol. The summed E-state index contributed by atoms with van der Waals surface area (Å²) >= 11 is 0. The molecule has 0 radical (unpaired) electrons. The second kappa shape index (κ2) is 5.69. The Morgan fingerprint density at radius 3 is 2.57 bits per heavy atom. The third-order valence-corrected chi connectivity index (χ3v) is 2.89. The van der Waals surface area contributed by atoms with E-state index in [-0.39, 0.29) is 0 Å². The van der Waals surface area contributed by atoms with Crippen LogP contribution in [-0.2, 0) is 0 Å². The predicted octanol–water partition coefficient (Wildman–Crippen LogP) is 0.607. The summed E-state index contributed by atoms with van der Waals surface area (Å²) < 4.78 is 0. The molecule has 14 heavy (non-hydrogen) atoms. The zero-order valence-corrected chi connectivity index (χ0v) is 9.87. The van der Waals surface area contributed by atoms with Gasteiger partial charge in [0.2, 0.25) is 0 Å². The quantitative estimate of drug-likeness (QED) is 0.720. The number of nitrogens with zero attached hydrogens (tertiary/aromatic N) is 2. The Labute approximate surface area is 88.2 Å². The molecule has 3 heteroatoms. The van der Waals surface area contributed by atoms with E-state index in [4.69, 9.17) is 5.73 Å². The van der Waals surface area contributed by atoms with E-state index in [1.165, 1.54) is 26.2 Å². The van der Waals surface area contributed by atoms with E-state index in [9.17, 15) is 0 Å². The number of piperazine rings is 1. The van der Waals surface area contributed by atoms with Crippen LogP contribution >= 0.6 is 0 Å². The van der Waals surface area contributed by atoms with E-state index in [0.717, 1.165) is 19.0 Å². The summed E-state index contributed by atoms with van der Waals surface area (Å²) in [7, 11) is 0. The van der Waals surface area contributed by atoms with Gasteiger partial charge in [-0.05, 0) is 12.8 Å². The number of hydrogen-bond acceptors (Lipinski definition) is 3. The molecule has 0 spiro atoms. The van der Waals surface area contributed by atoms with Crippen molar-refractivity contribution in [2.45, 2.75) is 26.8 Å². The highest BCUT2D eigenvalue weighted by atomic mass is 15.3. The Morgan fingerprint density at radius 2 is 2.07 bits per heavy atom. The second-order valence-corrected chi connectivity index (χ2v) is 4.83. The van der Waals surface area contributed by atoms with E-state index in [0.29, 0.717) is 6.04 Å². The minimum absolute atomic E-state index is 0.672. The molecule has 1 aliphatic rings. The average Bonchev–Trinajstić information content (AvgIpc) is 2.09. The molecule has 2 N–H and O–H groups in total. The Hall–Kier alpha value is -0.120. The van der Waals surface area contributed by atoms with Crippen molar-refractivity contribution in [2.75, 3.05) is 39.3 Å². The van der Waals surface area contributed by atoms with Crippen LogP contribution in [0.3, 0.4) is 0 Å². The monoisotopic (exact) mass is 199 g/mol. The normalized spacial score (nSPS) is 25.9. The zero-order chi connectivity index (χ0) is 10.6. The lowest BCUT2D eigenvalue weighted by atomic mass is 10.1. The first-order chi connectivity index (χ1) is 6.63.